The van der Waals surface area contributed by atoms with Crippen LogP contribution in [0.1, 0.15) is 13.3 Å². The number of nitrogens with zero attached hydrogens (tertiary/aromatic N) is 2. The van der Waals surface area contributed by atoms with E-state index in [1.54, 1.807) is 9.13 Å². The quantitative estimate of drug-likeness (QED) is 0.783. The maximum Gasteiger partial charge on any atom is 0.328 e. The van der Waals surface area contributed by atoms with Crippen LogP contribution in [0.15, 0.2) is 47.5 Å². The molecule has 1 aromatic carbocycles. The maximum atomic E-state index is 11.9. The van der Waals surface area contributed by atoms with Crippen LogP contribution in [0.5, 0.6) is 5.75 Å². The zero-order valence-electron chi connectivity index (χ0n) is 10.6. The van der Waals surface area contributed by atoms with Gasteiger partial charge in [0.25, 0.3) is 0 Å². The average molecular weight is 246 g/mol. The molecule has 1 heterocycles. The maximum absolute atomic E-state index is 11.9. The summed E-state index contributed by atoms with van der Waals surface area (Å²) in [6.45, 7) is 3.90. The fourth-order valence-corrected chi connectivity index (χ4v) is 1.81. The molecule has 0 unspecified atom stereocenters. The van der Waals surface area contributed by atoms with Gasteiger partial charge in [-0.3, -0.25) is 9.13 Å². The Kier molecular flexibility index (Phi) is 4.23. The van der Waals surface area contributed by atoms with E-state index < -0.39 is 0 Å². The van der Waals surface area contributed by atoms with E-state index in [4.69, 9.17) is 4.74 Å². The third kappa shape index (κ3) is 3.03. The van der Waals surface area contributed by atoms with Gasteiger partial charge in [0.15, 0.2) is 0 Å². The Balaban J connectivity index is 1.89. The molecule has 0 N–H and O–H groups in total. The van der Waals surface area contributed by atoms with Gasteiger partial charge in [0.1, 0.15) is 12.4 Å². The Labute approximate surface area is 106 Å². The molecule has 0 saturated heterocycles. The molecule has 0 atom stereocenters. The van der Waals surface area contributed by atoms with E-state index in [0.717, 1.165) is 18.7 Å². The van der Waals surface area contributed by atoms with Crippen LogP contribution in [0.25, 0.3) is 0 Å². The van der Waals surface area contributed by atoms with Crippen LogP contribution in [-0.4, -0.2) is 15.7 Å². The highest BCUT2D eigenvalue weighted by atomic mass is 16.5. The smallest absolute Gasteiger partial charge is 0.328 e. The molecule has 18 heavy (non-hydrogen) atoms. The highest BCUT2D eigenvalue weighted by molar-refractivity contribution is 5.20. The molecule has 0 aliphatic rings. The Morgan fingerprint density at radius 2 is 1.72 bits per heavy atom. The molecule has 1 aromatic heterocycles. The lowest BCUT2D eigenvalue weighted by Crippen LogP contribution is -2.25. The summed E-state index contributed by atoms with van der Waals surface area (Å²) in [6.07, 6.45) is 4.60. The summed E-state index contributed by atoms with van der Waals surface area (Å²) < 4.78 is 8.97. The summed E-state index contributed by atoms with van der Waals surface area (Å²) in [4.78, 5) is 11.9. The number of rotatable bonds is 6. The molecule has 0 aliphatic carbocycles. The highest BCUT2D eigenvalue weighted by Gasteiger charge is 2.02. The van der Waals surface area contributed by atoms with Crippen molar-refractivity contribution in [2.24, 2.45) is 0 Å². The van der Waals surface area contributed by atoms with Gasteiger partial charge in [-0.25, -0.2) is 4.79 Å². The minimum atomic E-state index is 0.0357. The SMILES string of the molecule is CCCn1ccn(CCOc2ccccc2)c1=O. The summed E-state index contributed by atoms with van der Waals surface area (Å²) in [5.41, 5.74) is 0.0357. The van der Waals surface area contributed by atoms with Gasteiger partial charge in [-0.05, 0) is 18.6 Å². The van der Waals surface area contributed by atoms with Crippen molar-refractivity contribution in [1.82, 2.24) is 9.13 Å². The number of para-hydroxylation sites is 1. The van der Waals surface area contributed by atoms with Crippen molar-refractivity contribution in [2.45, 2.75) is 26.4 Å². The van der Waals surface area contributed by atoms with Gasteiger partial charge in [-0.2, -0.15) is 0 Å². The van der Waals surface area contributed by atoms with Crippen molar-refractivity contribution in [3.05, 3.63) is 53.2 Å². The van der Waals surface area contributed by atoms with Crippen molar-refractivity contribution in [2.75, 3.05) is 6.61 Å². The number of aryl methyl sites for hydroxylation is 1. The molecule has 96 valence electrons. The molecule has 0 fully saturated rings. The Bertz CT molecular complexity index is 528. The van der Waals surface area contributed by atoms with Crippen LogP contribution in [-0.2, 0) is 13.1 Å². The lowest BCUT2D eigenvalue weighted by Gasteiger charge is -2.05. The third-order valence-corrected chi connectivity index (χ3v) is 2.73. The van der Waals surface area contributed by atoms with Crippen LogP contribution < -0.4 is 10.4 Å². The van der Waals surface area contributed by atoms with E-state index in [0.29, 0.717) is 13.2 Å². The van der Waals surface area contributed by atoms with E-state index in [2.05, 4.69) is 6.92 Å². The highest BCUT2D eigenvalue weighted by Crippen LogP contribution is 2.07. The molecular formula is C14H18N2O2. The normalized spacial score (nSPS) is 10.5. The second kappa shape index (κ2) is 6.10. The number of imidazole rings is 1. The lowest BCUT2D eigenvalue weighted by atomic mass is 10.3. The van der Waals surface area contributed by atoms with Gasteiger partial charge >= 0.3 is 5.69 Å². The number of hydrogen-bond acceptors (Lipinski definition) is 2. The summed E-state index contributed by atoms with van der Waals surface area (Å²) in [6, 6.07) is 9.62. The molecule has 2 rings (SSSR count). The van der Waals surface area contributed by atoms with Crippen LogP contribution in [0, 0.1) is 0 Å². The van der Waals surface area contributed by atoms with Crippen LogP contribution >= 0.6 is 0 Å². The molecule has 0 spiro atoms. The van der Waals surface area contributed by atoms with Gasteiger partial charge in [0, 0.05) is 18.9 Å². The Morgan fingerprint density at radius 1 is 1.06 bits per heavy atom. The molecule has 0 aliphatic heterocycles. The minimum absolute atomic E-state index is 0.0357. The minimum Gasteiger partial charge on any atom is -0.492 e. The molecule has 0 saturated carbocycles. The van der Waals surface area contributed by atoms with E-state index in [-0.39, 0.29) is 5.69 Å². The van der Waals surface area contributed by atoms with E-state index in [9.17, 15) is 4.79 Å². The van der Waals surface area contributed by atoms with Gasteiger partial charge in [0.05, 0.1) is 6.54 Å². The van der Waals surface area contributed by atoms with Gasteiger partial charge in [-0.1, -0.05) is 25.1 Å². The first kappa shape index (κ1) is 12.5. The molecule has 2 aromatic rings. The van der Waals surface area contributed by atoms with Crippen LogP contribution in [0.3, 0.4) is 0 Å². The lowest BCUT2D eigenvalue weighted by molar-refractivity contribution is 0.295. The number of aromatic nitrogens is 2. The largest absolute Gasteiger partial charge is 0.492 e. The van der Waals surface area contributed by atoms with Crippen molar-refractivity contribution in [1.29, 1.82) is 0 Å². The van der Waals surface area contributed by atoms with Gasteiger partial charge in [0.2, 0.25) is 0 Å². The first-order chi connectivity index (χ1) is 8.81. The van der Waals surface area contributed by atoms with E-state index in [1.807, 2.05) is 42.7 Å². The Morgan fingerprint density at radius 3 is 2.39 bits per heavy atom. The Hall–Kier alpha value is -1.97. The standard InChI is InChI=1S/C14H18N2O2/c1-2-8-15-9-10-16(14(15)17)11-12-18-13-6-4-3-5-7-13/h3-7,9-10H,2,8,11-12H2,1H3. The first-order valence-corrected chi connectivity index (χ1v) is 6.24. The second-order valence-electron chi connectivity index (χ2n) is 4.13. The molecule has 0 bridgehead atoms. The summed E-state index contributed by atoms with van der Waals surface area (Å²) in [5, 5.41) is 0. The molecule has 0 amide bonds. The summed E-state index contributed by atoms with van der Waals surface area (Å²) in [5.74, 6) is 0.832. The zero-order valence-corrected chi connectivity index (χ0v) is 10.6. The van der Waals surface area contributed by atoms with Crippen molar-refractivity contribution >= 4 is 0 Å². The number of hydrogen-bond donors (Lipinski definition) is 0. The first-order valence-electron chi connectivity index (χ1n) is 6.24. The summed E-state index contributed by atoms with van der Waals surface area (Å²) >= 11 is 0. The second-order valence-corrected chi connectivity index (χ2v) is 4.13. The summed E-state index contributed by atoms with van der Waals surface area (Å²) in [7, 11) is 0. The monoisotopic (exact) mass is 246 g/mol. The van der Waals surface area contributed by atoms with Crippen molar-refractivity contribution in [3.8, 4) is 5.75 Å². The average Bonchev–Trinajstić information content (AvgIpc) is 2.73. The van der Waals surface area contributed by atoms with Gasteiger partial charge in [-0.15, -0.1) is 0 Å². The molecular weight excluding hydrogens is 228 g/mol. The van der Waals surface area contributed by atoms with Crippen LogP contribution in [0.4, 0.5) is 0 Å². The van der Waals surface area contributed by atoms with E-state index >= 15 is 0 Å². The van der Waals surface area contributed by atoms with Crippen molar-refractivity contribution in [3.63, 3.8) is 0 Å². The fourth-order valence-electron chi connectivity index (χ4n) is 1.81. The number of benzene rings is 1. The molecule has 0 radical (unpaired) electrons. The molecule has 4 nitrogen and oxygen atoms in total. The van der Waals surface area contributed by atoms with Gasteiger partial charge < -0.3 is 4.74 Å². The van der Waals surface area contributed by atoms with Crippen LogP contribution in [0.2, 0.25) is 0 Å². The topological polar surface area (TPSA) is 36.2 Å². The predicted octanol–water partition coefficient (Wildman–Crippen LogP) is 2.14. The molecule has 4 heteroatoms. The number of ether oxygens (including phenoxy) is 1. The van der Waals surface area contributed by atoms with E-state index in [1.165, 1.54) is 0 Å². The third-order valence-electron chi connectivity index (χ3n) is 2.73. The fraction of sp³-hybridized carbons (Fsp3) is 0.357. The predicted molar refractivity (Wildman–Crippen MR) is 70.9 cm³/mol. The van der Waals surface area contributed by atoms with Crippen molar-refractivity contribution < 1.29 is 4.74 Å². The zero-order chi connectivity index (χ0) is 12.8.